The Morgan fingerprint density at radius 3 is 2.59 bits per heavy atom. The zero-order valence-corrected chi connectivity index (χ0v) is 16.6. The Morgan fingerprint density at radius 1 is 1.11 bits per heavy atom. The summed E-state index contributed by atoms with van der Waals surface area (Å²) in [5.41, 5.74) is 8.53. The number of likely N-dealkylation sites (tertiary alicyclic amines) is 1. The normalized spacial score (nSPS) is 20.5. The highest BCUT2D eigenvalue weighted by Crippen LogP contribution is 2.32. The van der Waals surface area contributed by atoms with Crippen molar-refractivity contribution in [2.24, 2.45) is 5.73 Å². The number of nitrogens with zero attached hydrogens (tertiary/aromatic N) is 4. The van der Waals surface area contributed by atoms with E-state index in [1.54, 1.807) is 12.4 Å². The molecule has 144 valence electrons. The molecule has 0 aliphatic carbocycles. The van der Waals surface area contributed by atoms with Crippen LogP contribution in [0, 0.1) is 0 Å². The monoisotopic (exact) mass is 407 g/mol. The minimum Gasteiger partial charge on any atom is -0.337 e. The Hall–Kier alpha value is -1.99. The Labute approximate surface area is 171 Å². The van der Waals surface area contributed by atoms with Crippen LogP contribution in [-0.4, -0.2) is 39.2 Å². The summed E-state index contributed by atoms with van der Waals surface area (Å²) < 4.78 is 5.50. The summed E-state index contributed by atoms with van der Waals surface area (Å²) in [6.45, 7) is 3.78. The van der Waals surface area contributed by atoms with Gasteiger partial charge in [0.05, 0.1) is 6.04 Å². The van der Waals surface area contributed by atoms with E-state index < -0.39 is 0 Å². The van der Waals surface area contributed by atoms with Crippen LogP contribution in [0.2, 0.25) is 0 Å². The molecule has 2 N–H and O–H groups in total. The Kier molecular flexibility index (Phi) is 7.33. The molecule has 6 nitrogen and oxygen atoms in total. The fourth-order valence-electron chi connectivity index (χ4n) is 3.40. The second kappa shape index (κ2) is 9.28. The molecular weight excluding hydrogens is 385 g/mol. The van der Waals surface area contributed by atoms with Gasteiger partial charge in [-0.1, -0.05) is 35.5 Å². The number of benzene rings is 1. The highest BCUT2D eigenvalue weighted by Gasteiger charge is 2.35. The van der Waals surface area contributed by atoms with E-state index in [0.717, 1.165) is 18.7 Å². The third-order valence-electron chi connectivity index (χ3n) is 4.89. The van der Waals surface area contributed by atoms with Gasteiger partial charge in [0.1, 0.15) is 0 Å². The summed E-state index contributed by atoms with van der Waals surface area (Å²) in [7, 11) is 0. The molecule has 1 aromatic carbocycles. The van der Waals surface area contributed by atoms with Crippen LogP contribution in [-0.2, 0) is 0 Å². The molecule has 1 unspecified atom stereocenters. The minimum atomic E-state index is 0. The first-order valence-electron chi connectivity index (χ1n) is 8.51. The predicted octanol–water partition coefficient (Wildman–Crippen LogP) is 3.46. The van der Waals surface area contributed by atoms with Crippen LogP contribution in [0.1, 0.15) is 30.3 Å². The van der Waals surface area contributed by atoms with Gasteiger partial charge in [0, 0.05) is 43.0 Å². The van der Waals surface area contributed by atoms with Crippen LogP contribution < -0.4 is 5.73 Å². The zero-order valence-electron chi connectivity index (χ0n) is 14.9. The van der Waals surface area contributed by atoms with Gasteiger partial charge in [-0.2, -0.15) is 4.98 Å². The van der Waals surface area contributed by atoms with Crippen molar-refractivity contribution in [1.29, 1.82) is 0 Å². The fraction of sp³-hybridized carbons (Fsp3) is 0.316. The molecule has 3 heterocycles. The van der Waals surface area contributed by atoms with Crippen LogP contribution in [0.4, 0.5) is 0 Å². The zero-order chi connectivity index (χ0) is 17.2. The average Bonchev–Trinajstić information content (AvgIpc) is 3.30. The lowest BCUT2D eigenvalue weighted by molar-refractivity contribution is 0.206. The fourth-order valence-corrected chi connectivity index (χ4v) is 3.40. The molecule has 3 aromatic rings. The van der Waals surface area contributed by atoms with Gasteiger partial charge in [-0.25, -0.2) is 0 Å². The van der Waals surface area contributed by atoms with Crippen molar-refractivity contribution in [3.8, 4) is 11.4 Å². The Bertz CT molecular complexity index is 830. The number of hydrogen-bond acceptors (Lipinski definition) is 6. The van der Waals surface area contributed by atoms with Crippen LogP contribution >= 0.6 is 24.8 Å². The summed E-state index contributed by atoms with van der Waals surface area (Å²) in [6, 6.07) is 14.4. The molecule has 1 aliphatic heterocycles. The van der Waals surface area contributed by atoms with Crippen molar-refractivity contribution < 1.29 is 4.52 Å². The van der Waals surface area contributed by atoms with E-state index in [2.05, 4.69) is 51.2 Å². The number of aromatic nitrogens is 3. The van der Waals surface area contributed by atoms with Crippen LogP contribution in [0.3, 0.4) is 0 Å². The number of rotatable bonds is 4. The van der Waals surface area contributed by atoms with Crippen molar-refractivity contribution in [2.45, 2.75) is 24.9 Å². The van der Waals surface area contributed by atoms with Gasteiger partial charge in [0.25, 0.3) is 0 Å². The molecule has 0 amide bonds. The van der Waals surface area contributed by atoms with Gasteiger partial charge >= 0.3 is 0 Å². The lowest BCUT2D eigenvalue weighted by atomic mass is 9.95. The highest BCUT2D eigenvalue weighted by atomic mass is 35.5. The molecule has 0 saturated carbocycles. The van der Waals surface area contributed by atoms with E-state index in [1.165, 1.54) is 5.56 Å². The van der Waals surface area contributed by atoms with Gasteiger partial charge < -0.3 is 10.3 Å². The van der Waals surface area contributed by atoms with Crippen molar-refractivity contribution in [2.75, 3.05) is 13.1 Å². The van der Waals surface area contributed by atoms with E-state index in [-0.39, 0.29) is 36.9 Å². The molecule has 1 fully saturated rings. The number of nitrogens with two attached hydrogens (primary N) is 1. The van der Waals surface area contributed by atoms with E-state index in [1.807, 2.05) is 18.2 Å². The summed E-state index contributed by atoms with van der Waals surface area (Å²) in [6.07, 6.45) is 3.46. The topological polar surface area (TPSA) is 81.1 Å². The Balaban J connectivity index is 0.00000131. The highest BCUT2D eigenvalue weighted by molar-refractivity contribution is 5.85. The van der Waals surface area contributed by atoms with Crippen molar-refractivity contribution in [3.05, 3.63) is 66.3 Å². The predicted molar refractivity (Wildman–Crippen MR) is 109 cm³/mol. The maximum Gasteiger partial charge on any atom is 0.244 e. The largest absolute Gasteiger partial charge is 0.337 e. The second-order valence-electron chi connectivity index (χ2n) is 6.51. The second-order valence-corrected chi connectivity index (χ2v) is 6.51. The van der Waals surface area contributed by atoms with Crippen molar-refractivity contribution in [3.63, 3.8) is 0 Å². The standard InChI is InChI=1S/C19H21N5O.2ClH/c1-13(19-22-18(23-25-19)15-8-5-9-21-10-15)24-11-16(17(20)12-24)14-6-3-2-4-7-14;;/h2-10,13,16-17H,11-12,20H2,1H3;2*1H/t13?,16-,17+;;/m0../s1. The smallest absolute Gasteiger partial charge is 0.244 e. The molecule has 2 aromatic heterocycles. The van der Waals surface area contributed by atoms with Crippen LogP contribution in [0.5, 0.6) is 0 Å². The van der Waals surface area contributed by atoms with Gasteiger partial charge in [0.2, 0.25) is 11.7 Å². The van der Waals surface area contributed by atoms with Crippen LogP contribution in [0.15, 0.2) is 59.4 Å². The summed E-state index contributed by atoms with van der Waals surface area (Å²) in [5.74, 6) is 1.50. The molecule has 4 rings (SSSR count). The summed E-state index contributed by atoms with van der Waals surface area (Å²) in [4.78, 5) is 11.0. The minimum absolute atomic E-state index is 0. The maximum absolute atomic E-state index is 6.40. The van der Waals surface area contributed by atoms with Crippen molar-refractivity contribution in [1.82, 2.24) is 20.0 Å². The number of pyridine rings is 1. The molecule has 27 heavy (non-hydrogen) atoms. The molecule has 0 spiro atoms. The molecule has 0 bridgehead atoms. The van der Waals surface area contributed by atoms with Gasteiger partial charge in [-0.05, 0) is 24.6 Å². The first kappa shape index (κ1) is 21.3. The first-order chi connectivity index (χ1) is 12.2. The third kappa shape index (κ3) is 4.47. The van der Waals surface area contributed by atoms with Crippen LogP contribution in [0.25, 0.3) is 11.4 Å². The first-order valence-corrected chi connectivity index (χ1v) is 8.51. The lowest BCUT2D eigenvalue weighted by Gasteiger charge is -2.20. The molecule has 1 saturated heterocycles. The Morgan fingerprint density at radius 2 is 1.89 bits per heavy atom. The lowest BCUT2D eigenvalue weighted by Crippen LogP contribution is -2.30. The maximum atomic E-state index is 6.40. The summed E-state index contributed by atoms with van der Waals surface area (Å²) in [5, 5.41) is 4.09. The van der Waals surface area contributed by atoms with E-state index >= 15 is 0 Å². The van der Waals surface area contributed by atoms with Crippen molar-refractivity contribution >= 4 is 24.8 Å². The van der Waals surface area contributed by atoms with E-state index in [9.17, 15) is 0 Å². The molecule has 1 aliphatic rings. The number of halogens is 2. The molecule has 0 radical (unpaired) electrons. The van der Waals surface area contributed by atoms with E-state index in [0.29, 0.717) is 17.6 Å². The third-order valence-corrected chi connectivity index (χ3v) is 4.89. The SMILES string of the molecule is CC(c1nc(-c2cccnc2)no1)N1C[C@@H](N)[C@H](c2ccccc2)C1.Cl.Cl. The van der Waals surface area contributed by atoms with Gasteiger partial charge in [0.15, 0.2) is 0 Å². The van der Waals surface area contributed by atoms with E-state index in [4.69, 9.17) is 10.3 Å². The number of hydrogen-bond donors (Lipinski definition) is 1. The van der Waals surface area contributed by atoms with Gasteiger partial charge in [-0.3, -0.25) is 9.88 Å². The average molecular weight is 408 g/mol. The molecular formula is C19H23Cl2N5O. The molecule has 3 atom stereocenters. The summed E-state index contributed by atoms with van der Waals surface area (Å²) >= 11 is 0. The molecule has 8 heteroatoms. The van der Waals surface area contributed by atoms with Gasteiger partial charge in [-0.15, -0.1) is 24.8 Å². The quantitative estimate of drug-likeness (QED) is 0.712.